The molecule has 0 saturated heterocycles. The fraction of sp³-hybridized carbons (Fsp3) is 0. The zero-order valence-electron chi connectivity index (χ0n) is 1.93. The molecule has 0 heterocycles. The van der Waals surface area contributed by atoms with Crippen molar-refractivity contribution in [3.8, 4) is 0 Å². The third kappa shape index (κ3) is 10.5. The SMILES string of the molecule is NC(=[Te])[TeH]. The van der Waals surface area contributed by atoms with E-state index in [-0.39, 0.29) is 0 Å². The van der Waals surface area contributed by atoms with Crippen molar-refractivity contribution in [3.63, 3.8) is 0 Å². The van der Waals surface area contributed by atoms with Crippen LogP contribution in [0.3, 0.4) is 0 Å². The average molecular weight is 284 g/mol. The number of hydrogen-bond acceptors (Lipinski definition) is 1. The molecule has 1 nitrogen and oxygen atoms in total. The van der Waals surface area contributed by atoms with Gasteiger partial charge < -0.3 is 0 Å². The molecule has 0 aliphatic rings. The van der Waals surface area contributed by atoms with E-state index in [1.807, 2.05) is 21.8 Å². The van der Waals surface area contributed by atoms with Crippen LogP contribution in [0.25, 0.3) is 0 Å². The van der Waals surface area contributed by atoms with Crippen LogP contribution in [-0.4, -0.2) is 45.8 Å². The molecule has 3 heteroatoms. The predicted octanol–water partition coefficient (Wildman–Crippen LogP) is -1.90. The molecule has 0 saturated carbocycles. The number of rotatable bonds is 0. The Balaban J connectivity index is 2.80. The Kier molecular flexibility index (Phi) is 3.26. The molecule has 0 rings (SSSR count). The summed E-state index contributed by atoms with van der Waals surface area (Å²) in [5, 5.41) is 0. The zero-order chi connectivity index (χ0) is 3.58. The van der Waals surface area contributed by atoms with E-state index in [1.165, 1.54) is 0 Å². The van der Waals surface area contributed by atoms with Crippen LogP contribution in [0.15, 0.2) is 0 Å². The van der Waals surface area contributed by atoms with Gasteiger partial charge in [-0.2, -0.15) is 0 Å². The third-order valence-electron chi connectivity index (χ3n) is 0. The second-order valence-corrected chi connectivity index (χ2v) is 5.76. The summed E-state index contributed by atoms with van der Waals surface area (Å²) < 4.78 is 0.977. The summed E-state index contributed by atoms with van der Waals surface area (Å²) in [5.41, 5.74) is 5.05. The van der Waals surface area contributed by atoms with E-state index in [1.54, 1.807) is 22.3 Å². The van der Waals surface area contributed by atoms with E-state index in [2.05, 4.69) is 0 Å². The Morgan fingerprint density at radius 1 is 2.00 bits per heavy atom. The van der Waals surface area contributed by atoms with Crippen LogP contribution in [0.5, 0.6) is 0 Å². The number of nitrogens with two attached hydrogens (primary N) is 1. The van der Waals surface area contributed by atoms with Gasteiger partial charge in [-0.1, -0.05) is 0 Å². The Labute approximate surface area is 51.2 Å². The summed E-state index contributed by atoms with van der Waals surface area (Å²) in [7, 11) is 0. The molecule has 2 N–H and O–H groups in total. The normalized spacial score (nSPS) is 6.25. The standard InChI is InChI=1S/CH3NTe2/c2-1(3)4/h(H3,2,3,4). The molecule has 0 aliphatic heterocycles. The van der Waals surface area contributed by atoms with Gasteiger partial charge >= 0.3 is 51.6 Å². The Morgan fingerprint density at radius 2 is 2.00 bits per heavy atom. The quantitative estimate of drug-likeness (QED) is 0.517. The van der Waals surface area contributed by atoms with Crippen LogP contribution in [0.1, 0.15) is 0 Å². The van der Waals surface area contributed by atoms with Gasteiger partial charge in [-0.3, -0.25) is 0 Å². The Hall–Kier alpha value is 1.25. The summed E-state index contributed by atoms with van der Waals surface area (Å²) in [4.78, 5) is 0. The van der Waals surface area contributed by atoms with Crippen molar-refractivity contribution in [1.82, 2.24) is 0 Å². The molecule has 0 radical (unpaired) electrons. The fourth-order valence-electron chi connectivity index (χ4n) is 0. The molecule has 0 atom stereocenters. The third-order valence-corrected chi connectivity index (χ3v) is 0. The van der Waals surface area contributed by atoms with Gasteiger partial charge in [-0.05, 0) is 0 Å². The summed E-state index contributed by atoms with van der Waals surface area (Å²) in [6.45, 7) is 0. The van der Waals surface area contributed by atoms with Crippen LogP contribution >= 0.6 is 0 Å². The summed E-state index contributed by atoms with van der Waals surface area (Å²) >= 11 is 3.40. The summed E-state index contributed by atoms with van der Waals surface area (Å²) in [5.74, 6) is 0. The molecule has 0 amide bonds. The van der Waals surface area contributed by atoms with Gasteiger partial charge in [0.05, 0.1) is 0 Å². The summed E-state index contributed by atoms with van der Waals surface area (Å²) in [6.07, 6.45) is 0. The van der Waals surface area contributed by atoms with Gasteiger partial charge in [0.1, 0.15) is 0 Å². The van der Waals surface area contributed by atoms with Gasteiger partial charge in [0.15, 0.2) is 0 Å². The van der Waals surface area contributed by atoms with E-state index >= 15 is 0 Å². The maximum atomic E-state index is 5.05. The number of hydrogen-bond donors (Lipinski definition) is 1. The second-order valence-electron chi connectivity index (χ2n) is 0.338. The minimum atomic E-state index is 0.977. The molecular formula is CH3NTe2. The van der Waals surface area contributed by atoms with Crippen molar-refractivity contribution >= 4 is 45.8 Å². The summed E-state index contributed by atoms with van der Waals surface area (Å²) in [6, 6.07) is 0. The molecule has 0 aromatic carbocycles. The van der Waals surface area contributed by atoms with Crippen LogP contribution in [0, 0.1) is 0 Å². The molecule has 0 fully saturated rings. The first kappa shape index (κ1) is 5.25. The van der Waals surface area contributed by atoms with Gasteiger partial charge in [0, 0.05) is 0 Å². The first-order valence-corrected chi connectivity index (χ1v) is 3.16. The van der Waals surface area contributed by atoms with Gasteiger partial charge in [-0.25, -0.2) is 0 Å². The van der Waals surface area contributed by atoms with Crippen molar-refractivity contribution in [2.75, 3.05) is 0 Å². The van der Waals surface area contributed by atoms with Crippen LogP contribution in [0.2, 0.25) is 0 Å². The zero-order valence-corrected chi connectivity index (χ0v) is 6.82. The van der Waals surface area contributed by atoms with E-state index in [0.717, 1.165) is 1.72 Å². The van der Waals surface area contributed by atoms with Crippen LogP contribution in [-0.2, 0) is 0 Å². The van der Waals surface area contributed by atoms with Crippen LogP contribution in [0.4, 0.5) is 0 Å². The minimum absolute atomic E-state index is 0.977. The van der Waals surface area contributed by atoms with Gasteiger partial charge in [-0.15, -0.1) is 0 Å². The van der Waals surface area contributed by atoms with Crippen molar-refractivity contribution < 1.29 is 0 Å². The van der Waals surface area contributed by atoms with Gasteiger partial charge in [0.2, 0.25) is 0 Å². The van der Waals surface area contributed by atoms with Gasteiger partial charge in [0.25, 0.3) is 0 Å². The van der Waals surface area contributed by atoms with Crippen molar-refractivity contribution in [3.05, 3.63) is 0 Å². The Morgan fingerprint density at radius 3 is 2.00 bits per heavy atom. The monoisotopic (exact) mass is 289 g/mol. The first-order valence-electron chi connectivity index (χ1n) is 0.716. The van der Waals surface area contributed by atoms with Crippen molar-refractivity contribution in [2.24, 2.45) is 5.73 Å². The first-order chi connectivity index (χ1) is 1.73. The van der Waals surface area contributed by atoms with E-state index in [4.69, 9.17) is 5.73 Å². The molecule has 0 unspecified atom stereocenters. The van der Waals surface area contributed by atoms with Crippen LogP contribution < -0.4 is 5.73 Å². The topological polar surface area (TPSA) is 26.0 Å². The molecule has 0 aliphatic carbocycles. The molecule has 0 aromatic rings. The molecular weight excluding hydrogens is 281 g/mol. The molecule has 4 heavy (non-hydrogen) atoms. The van der Waals surface area contributed by atoms with Crippen molar-refractivity contribution in [2.45, 2.75) is 0 Å². The average Bonchev–Trinajstić information content (AvgIpc) is 0.811. The molecule has 0 spiro atoms. The van der Waals surface area contributed by atoms with Crippen molar-refractivity contribution in [1.29, 1.82) is 0 Å². The second kappa shape index (κ2) is 2.48. The molecule has 0 bridgehead atoms. The molecule has 24 valence electrons. The predicted molar refractivity (Wildman–Crippen MR) is 22.1 cm³/mol. The maximum absolute atomic E-state index is 5.05. The fourth-order valence-corrected chi connectivity index (χ4v) is 0. The molecule has 0 aromatic heterocycles. The Bertz CT molecular complexity index is 29.0. The van der Waals surface area contributed by atoms with E-state index in [0.29, 0.717) is 0 Å². The van der Waals surface area contributed by atoms with E-state index in [9.17, 15) is 0 Å². The van der Waals surface area contributed by atoms with E-state index < -0.39 is 0 Å².